The minimum atomic E-state index is -5.12. The lowest BCUT2D eigenvalue weighted by atomic mass is 9.97. The van der Waals surface area contributed by atoms with Crippen molar-refractivity contribution in [2.45, 2.75) is 31.7 Å². The van der Waals surface area contributed by atoms with Crippen LogP contribution in [0, 0.1) is 0 Å². The first-order chi connectivity index (χ1) is 20.2. The van der Waals surface area contributed by atoms with Gasteiger partial charge in [-0.25, -0.2) is 0 Å². The van der Waals surface area contributed by atoms with E-state index in [0.717, 1.165) is 16.5 Å². The van der Waals surface area contributed by atoms with E-state index in [1.165, 1.54) is 28.9 Å². The second kappa shape index (κ2) is 11.2. The highest BCUT2D eigenvalue weighted by Gasteiger charge is 2.40. The van der Waals surface area contributed by atoms with Crippen LogP contribution >= 0.6 is 0 Å². The van der Waals surface area contributed by atoms with Crippen LogP contribution in [0.15, 0.2) is 72.9 Å². The molecule has 224 valence electrons. The van der Waals surface area contributed by atoms with Gasteiger partial charge in [-0.3, -0.25) is 14.4 Å². The Balaban J connectivity index is 1.53. The van der Waals surface area contributed by atoms with Crippen LogP contribution in [0.1, 0.15) is 54.7 Å². The van der Waals surface area contributed by atoms with Crippen molar-refractivity contribution in [1.82, 2.24) is 14.8 Å². The molecule has 0 unspecified atom stereocenters. The van der Waals surface area contributed by atoms with Gasteiger partial charge in [-0.15, -0.1) is 0 Å². The van der Waals surface area contributed by atoms with Crippen molar-refractivity contribution in [3.63, 3.8) is 0 Å². The number of hydrogen-bond donors (Lipinski definition) is 1. The summed E-state index contributed by atoms with van der Waals surface area (Å²) in [6, 6.07) is 13.5. The van der Waals surface area contributed by atoms with Crippen molar-refractivity contribution in [2.24, 2.45) is 0 Å². The van der Waals surface area contributed by atoms with E-state index in [2.05, 4.69) is 4.98 Å². The Kier molecular flexibility index (Phi) is 7.80. The molecule has 2 amide bonds. The van der Waals surface area contributed by atoms with E-state index in [9.17, 15) is 40.7 Å². The number of nitrogens with zero attached hydrogens (tertiary/aromatic N) is 2. The van der Waals surface area contributed by atoms with Crippen molar-refractivity contribution in [1.29, 1.82) is 0 Å². The van der Waals surface area contributed by atoms with Gasteiger partial charge in [0.15, 0.2) is 5.78 Å². The Hall–Kier alpha value is -4.61. The number of hydrogen-bond acceptors (Lipinski definition) is 3. The molecule has 1 atom stereocenters. The number of ketones is 1. The number of aromatic nitrogens is 1. The zero-order valence-electron chi connectivity index (χ0n) is 22.7. The molecule has 1 saturated heterocycles. The summed E-state index contributed by atoms with van der Waals surface area (Å²) >= 11 is 0. The second-order valence-corrected chi connectivity index (χ2v) is 10.4. The van der Waals surface area contributed by atoms with E-state index < -0.39 is 46.9 Å². The van der Waals surface area contributed by atoms with Crippen molar-refractivity contribution in [2.75, 3.05) is 19.6 Å². The number of piperazine rings is 1. The molecule has 6 nitrogen and oxygen atoms in total. The van der Waals surface area contributed by atoms with Gasteiger partial charge in [0, 0.05) is 47.9 Å². The minimum absolute atomic E-state index is 0.0245. The zero-order chi connectivity index (χ0) is 31.1. The summed E-state index contributed by atoms with van der Waals surface area (Å²) in [5, 5.41) is 0.818. The molecule has 1 fully saturated rings. The molecule has 4 aromatic rings. The summed E-state index contributed by atoms with van der Waals surface area (Å²) in [6.45, 7) is 1.05. The van der Waals surface area contributed by atoms with Crippen LogP contribution in [0.3, 0.4) is 0 Å². The SMILES string of the molecule is CC(=O)c1ccccc1C(=O)N1CCN(C(=O)c2cc(C(F)(F)F)cc(C(F)(F)F)c2)[C@H](Cc2c[nH]c3ccccc23)C1. The number of rotatable bonds is 5. The molecule has 1 N–H and O–H groups in total. The van der Waals surface area contributed by atoms with E-state index in [4.69, 9.17) is 0 Å². The zero-order valence-corrected chi connectivity index (χ0v) is 22.7. The van der Waals surface area contributed by atoms with Gasteiger partial charge in [-0.1, -0.05) is 36.4 Å². The van der Waals surface area contributed by atoms with Crippen LogP contribution in [-0.4, -0.2) is 58.1 Å². The number of benzene rings is 3. The van der Waals surface area contributed by atoms with Crippen molar-refractivity contribution in [3.05, 3.63) is 106 Å². The second-order valence-electron chi connectivity index (χ2n) is 10.4. The smallest absolute Gasteiger partial charge is 0.361 e. The minimum Gasteiger partial charge on any atom is -0.361 e. The van der Waals surface area contributed by atoms with E-state index in [-0.39, 0.29) is 49.0 Å². The van der Waals surface area contributed by atoms with E-state index in [1.54, 1.807) is 24.4 Å². The van der Waals surface area contributed by atoms with E-state index in [1.807, 2.05) is 18.2 Å². The number of H-pyrrole nitrogens is 1. The molecule has 43 heavy (non-hydrogen) atoms. The summed E-state index contributed by atoms with van der Waals surface area (Å²) < 4.78 is 81.3. The molecule has 2 heterocycles. The molecular formula is C31H25F6N3O3. The number of fused-ring (bicyclic) bond motifs is 1. The van der Waals surface area contributed by atoms with Crippen molar-refractivity contribution in [3.8, 4) is 0 Å². The normalized spacial score (nSPS) is 16.0. The number of carbonyl (C=O) groups excluding carboxylic acids is 3. The number of carbonyl (C=O) groups is 3. The van der Waals surface area contributed by atoms with Gasteiger partial charge >= 0.3 is 12.4 Å². The number of aromatic amines is 1. The molecule has 0 radical (unpaired) electrons. The average Bonchev–Trinajstić information content (AvgIpc) is 3.38. The molecule has 0 bridgehead atoms. The van der Waals surface area contributed by atoms with Gasteiger partial charge in [0.25, 0.3) is 11.8 Å². The largest absolute Gasteiger partial charge is 0.416 e. The quantitative estimate of drug-likeness (QED) is 0.207. The Morgan fingerprint density at radius 1 is 0.814 bits per heavy atom. The number of para-hydroxylation sites is 1. The monoisotopic (exact) mass is 601 g/mol. The van der Waals surface area contributed by atoms with E-state index >= 15 is 0 Å². The first-order valence-corrected chi connectivity index (χ1v) is 13.3. The van der Waals surface area contributed by atoms with Crippen molar-refractivity contribution >= 4 is 28.5 Å². The average molecular weight is 602 g/mol. The van der Waals surface area contributed by atoms with Gasteiger partial charge in [0.05, 0.1) is 22.7 Å². The lowest BCUT2D eigenvalue weighted by Gasteiger charge is -2.42. The van der Waals surface area contributed by atoms with Crippen LogP contribution in [-0.2, 0) is 18.8 Å². The number of Topliss-reactive ketones (excluding diaryl/α,β-unsaturated/α-hetero) is 1. The topological polar surface area (TPSA) is 73.5 Å². The van der Waals surface area contributed by atoms with Gasteiger partial charge in [0.1, 0.15) is 0 Å². The Bertz CT molecular complexity index is 1680. The fourth-order valence-corrected chi connectivity index (χ4v) is 5.43. The summed E-state index contributed by atoms with van der Waals surface area (Å²) in [7, 11) is 0. The summed E-state index contributed by atoms with van der Waals surface area (Å²) in [5.41, 5.74) is -2.02. The fourth-order valence-electron chi connectivity index (χ4n) is 5.43. The summed E-state index contributed by atoms with van der Waals surface area (Å²) in [5.74, 6) is -1.81. The molecule has 3 aromatic carbocycles. The standard InChI is InChI=1S/C31H25F6N3O3/c1-18(41)24-6-2-3-8-26(24)29(43)39-10-11-40(23(17-39)14-20-16-38-27-9-5-4-7-25(20)27)28(42)19-12-21(30(32,33)34)15-22(13-19)31(35,36)37/h2-9,12-13,15-16,23,38H,10-11,14,17H2,1H3/t23-/m1/s1. The lowest BCUT2D eigenvalue weighted by molar-refractivity contribution is -0.143. The Morgan fingerprint density at radius 3 is 2.05 bits per heavy atom. The van der Waals surface area contributed by atoms with Gasteiger partial charge in [-0.05, 0) is 49.2 Å². The van der Waals surface area contributed by atoms with Gasteiger partial charge in [-0.2, -0.15) is 26.3 Å². The third kappa shape index (κ3) is 6.13. The molecule has 5 rings (SSSR count). The first-order valence-electron chi connectivity index (χ1n) is 13.3. The summed E-state index contributed by atoms with van der Waals surface area (Å²) in [4.78, 5) is 45.2. The highest BCUT2D eigenvalue weighted by molar-refractivity contribution is 6.07. The third-order valence-corrected chi connectivity index (χ3v) is 7.53. The number of nitrogens with one attached hydrogen (secondary N) is 1. The predicted molar refractivity (Wildman–Crippen MR) is 146 cm³/mol. The molecule has 1 aliphatic rings. The Morgan fingerprint density at radius 2 is 1.42 bits per heavy atom. The van der Waals surface area contributed by atoms with Crippen LogP contribution in [0.4, 0.5) is 26.3 Å². The molecule has 0 aliphatic carbocycles. The fraction of sp³-hybridized carbons (Fsp3) is 0.258. The van der Waals surface area contributed by atoms with Crippen LogP contribution in [0.2, 0.25) is 0 Å². The lowest BCUT2D eigenvalue weighted by Crippen LogP contribution is -2.57. The maximum absolute atomic E-state index is 13.7. The van der Waals surface area contributed by atoms with Crippen LogP contribution in [0.5, 0.6) is 0 Å². The van der Waals surface area contributed by atoms with Gasteiger partial charge in [0.2, 0.25) is 0 Å². The number of halogens is 6. The number of alkyl halides is 6. The van der Waals surface area contributed by atoms with Crippen molar-refractivity contribution < 1.29 is 40.7 Å². The highest BCUT2D eigenvalue weighted by Crippen LogP contribution is 2.37. The van der Waals surface area contributed by atoms with E-state index in [0.29, 0.717) is 12.1 Å². The maximum Gasteiger partial charge on any atom is 0.416 e. The predicted octanol–water partition coefficient (Wildman–Crippen LogP) is 6.62. The number of amides is 2. The molecule has 1 aromatic heterocycles. The van der Waals surface area contributed by atoms with Gasteiger partial charge < -0.3 is 14.8 Å². The molecular weight excluding hydrogens is 576 g/mol. The molecule has 0 saturated carbocycles. The summed E-state index contributed by atoms with van der Waals surface area (Å²) in [6.07, 6.45) is -8.37. The molecule has 0 spiro atoms. The maximum atomic E-state index is 13.7. The third-order valence-electron chi connectivity index (χ3n) is 7.53. The highest BCUT2D eigenvalue weighted by atomic mass is 19.4. The van der Waals surface area contributed by atoms with Crippen LogP contribution < -0.4 is 0 Å². The Labute approximate surface area is 241 Å². The first kappa shape index (κ1) is 29.9. The van der Waals surface area contributed by atoms with Crippen LogP contribution in [0.25, 0.3) is 10.9 Å². The molecule has 12 heteroatoms. The molecule has 1 aliphatic heterocycles.